The van der Waals surface area contributed by atoms with Gasteiger partial charge in [-0.2, -0.15) is 5.10 Å². The fourth-order valence-electron chi connectivity index (χ4n) is 2.28. The average molecular weight is 392 g/mol. The zero-order valence-corrected chi connectivity index (χ0v) is 15.1. The first-order valence-corrected chi connectivity index (χ1v) is 9.34. The lowest BCUT2D eigenvalue weighted by atomic mass is 10.2. The molecule has 0 saturated carbocycles. The number of hydrogen-bond donors (Lipinski definition) is 2. The number of nitrogens with zero attached hydrogens (tertiary/aromatic N) is 1. The summed E-state index contributed by atoms with van der Waals surface area (Å²) in [6.45, 7) is 1.68. The lowest BCUT2D eigenvalue weighted by Gasteiger charge is -2.05. The number of amides is 1. The summed E-state index contributed by atoms with van der Waals surface area (Å²) in [5, 5.41) is 9.92. The summed E-state index contributed by atoms with van der Waals surface area (Å²) in [7, 11) is -4.04. The second-order valence-corrected chi connectivity index (χ2v) is 7.41. The number of hydrogen-bond acceptors (Lipinski definition) is 5. The number of carbonyl (C=O) groups excluding carboxylic acids is 1. The van der Waals surface area contributed by atoms with Crippen molar-refractivity contribution in [2.24, 2.45) is 10.2 Å². The summed E-state index contributed by atoms with van der Waals surface area (Å²) in [4.78, 5) is 11.9. The van der Waals surface area contributed by atoms with Crippen LogP contribution in [0.3, 0.4) is 0 Å². The topological polar surface area (TPSA) is 115 Å². The van der Waals surface area contributed by atoms with Gasteiger partial charge in [0.05, 0.1) is 5.02 Å². The smallest absolute Gasteiger partial charge is 0.271 e. The summed E-state index contributed by atoms with van der Waals surface area (Å²) in [5.74, 6) is -0.102. The minimum Gasteiger partial charge on any atom is -0.455 e. The molecule has 0 aliphatic heterocycles. The Hall–Kier alpha value is -2.68. The molecule has 26 heavy (non-hydrogen) atoms. The number of nitrogens with one attached hydrogen (secondary N) is 1. The van der Waals surface area contributed by atoms with Crippen molar-refractivity contribution in [3.8, 4) is 0 Å². The molecule has 0 atom stereocenters. The van der Waals surface area contributed by atoms with E-state index in [1.54, 1.807) is 6.92 Å². The third-order valence-electron chi connectivity index (χ3n) is 3.61. The number of fused-ring (bicyclic) bond motifs is 1. The number of primary sulfonamides is 1. The normalized spacial score (nSPS) is 12.3. The van der Waals surface area contributed by atoms with Crippen molar-refractivity contribution < 1.29 is 17.6 Å². The van der Waals surface area contributed by atoms with Gasteiger partial charge in [0, 0.05) is 10.9 Å². The van der Waals surface area contributed by atoms with Crippen molar-refractivity contribution in [1.82, 2.24) is 5.43 Å². The molecule has 0 unspecified atom stereocenters. The van der Waals surface area contributed by atoms with E-state index >= 15 is 0 Å². The molecule has 0 saturated heterocycles. The van der Waals surface area contributed by atoms with E-state index in [-0.39, 0.29) is 15.5 Å². The van der Waals surface area contributed by atoms with Gasteiger partial charge in [0.15, 0.2) is 5.76 Å². The second-order valence-electron chi connectivity index (χ2n) is 5.48. The number of sulfonamides is 1. The maximum Gasteiger partial charge on any atom is 0.271 e. The van der Waals surface area contributed by atoms with Crippen LogP contribution in [-0.2, 0) is 10.0 Å². The summed E-state index contributed by atoms with van der Waals surface area (Å²) in [6.07, 6.45) is 0. The summed E-state index contributed by atoms with van der Waals surface area (Å²) in [6, 6.07) is 13.0. The molecule has 3 N–H and O–H groups in total. The fraction of sp³-hybridized carbons (Fsp3) is 0.0588. The maximum atomic E-state index is 12.2. The van der Waals surface area contributed by atoms with E-state index in [9.17, 15) is 13.2 Å². The Labute approximate surface area is 154 Å². The van der Waals surface area contributed by atoms with E-state index in [2.05, 4.69) is 10.5 Å². The van der Waals surface area contributed by atoms with Crippen LogP contribution in [0.25, 0.3) is 11.0 Å². The fourth-order valence-corrected chi connectivity index (χ4v) is 3.35. The first kappa shape index (κ1) is 18.1. The molecule has 134 valence electrons. The number of halogens is 1. The molecule has 0 aliphatic rings. The van der Waals surface area contributed by atoms with Gasteiger partial charge in [0.1, 0.15) is 16.2 Å². The molecule has 0 spiro atoms. The van der Waals surface area contributed by atoms with Gasteiger partial charge in [-0.3, -0.25) is 4.79 Å². The minimum absolute atomic E-state index is 0.0552. The summed E-state index contributed by atoms with van der Waals surface area (Å²) >= 11 is 5.80. The second kappa shape index (κ2) is 6.91. The summed E-state index contributed by atoms with van der Waals surface area (Å²) < 4.78 is 28.6. The number of nitrogens with two attached hydrogens (primary N) is 1. The van der Waals surface area contributed by atoms with Gasteiger partial charge >= 0.3 is 0 Å². The predicted octanol–water partition coefficient (Wildman–Crippen LogP) is 2.89. The van der Waals surface area contributed by atoms with Gasteiger partial charge in [-0.05, 0) is 37.3 Å². The monoisotopic (exact) mass is 391 g/mol. The Morgan fingerprint density at radius 1 is 1.19 bits per heavy atom. The Bertz CT molecular complexity index is 1100. The first-order chi connectivity index (χ1) is 12.3. The van der Waals surface area contributed by atoms with Crippen LogP contribution < -0.4 is 10.6 Å². The van der Waals surface area contributed by atoms with E-state index in [4.69, 9.17) is 21.2 Å². The highest BCUT2D eigenvalue weighted by molar-refractivity contribution is 7.89. The Morgan fingerprint density at radius 3 is 2.62 bits per heavy atom. The largest absolute Gasteiger partial charge is 0.455 e. The van der Waals surface area contributed by atoms with Gasteiger partial charge in [-0.15, -0.1) is 0 Å². The van der Waals surface area contributed by atoms with Crippen LogP contribution in [0, 0.1) is 0 Å². The number of carbonyl (C=O) groups is 1. The van der Waals surface area contributed by atoms with E-state index < -0.39 is 15.9 Å². The van der Waals surface area contributed by atoms with Crippen LogP contribution in [0.1, 0.15) is 23.0 Å². The molecule has 1 aromatic heterocycles. The lowest BCUT2D eigenvalue weighted by molar-refractivity contribution is 0.0954. The summed E-state index contributed by atoms with van der Waals surface area (Å²) in [5.41, 5.74) is 3.57. The van der Waals surface area contributed by atoms with Crippen molar-refractivity contribution >= 4 is 44.2 Å². The molecule has 3 rings (SSSR count). The zero-order valence-electron chi connectivity index (χ0n) is 13.6. The van der Waals surface area contributed by atoms with Crippen LogP contribution in [0.5, 0.6) is 0 Å². The van der Waals surface area contributed by atoms with Crippen molar-refractivity contribution in [1.29, 1.82) is 0 Å². The van der Waals surface area contributed by atoms with E-state index in [0.29, 0.717) is 17.1 Å². The van der Waals surface area contributed by atoms with E-state index in [0.717, 1.165) is 11.5 Å². The third-order valence-corrected chi connectivity index (χ3v) is 5.00. The molecule has 0 aliphatic carbocycles. The van der Waals surface area contributed by atoms with Crippen LogP contribution in [-0.4, -0.2) is 20.0 Å². The zero-order chi connectivity index (χ0) is 18.9. The van der Waals surface area contributed by atoms with Gasteiger partial charge in [0.25, 0.3) is 5.91 Å². The number of para-hydroxylation sites is 1. The number of furan rings is 1. The maximum absolute atomic E-state index is 12.2. The van der Waals surface area contributed by atoms with Crippen molar-refractivity contribution in [2.75, 3.05) is 0 Å². The molecular weight excluding hydrogens is 378 g/mol. The average Bonchev–Trinajstić information content (AvgIpc) is 3.03. The molecule has 9 heteroatoms. The van der Waals surface area contributed by atoms with Crippen molar-refractivity contribution in [3.63, 3.8) is 0 Å². The van der Waals surface area contributed by atoms with E-state index in [1.807, 2.05) is 30.3 Å². The molecule has 1 heterocycles. The highest BCUT2D eigenvalue weighted by Crippen LogP contribution is 2.22. The van der Waals surface area contributed by atoms with Crippen molar-refractivity contribution in [3.05, 3.63) is 64.9 Å². The molecule has 2 aromatic carbocycles. The first-order valence-electron chi connectivity index (χ1n) is 7.41. The highest BCUT2D eigenvalue weighted by Gasteiger charge is 2.16. The Balaban J connectivity index is 1.82. The molecule has 0 bridgehead atoms. The highest BCUT2D eigenvalue weighted by atomic mass is 35.5. The number of rotatable bonds is 4. The minimum atomic E-state index is -4.04. The van der Waals surface area contributed by atoms with Crippen LogP contribution in [0.4, 0.5) is 0 Å². The molecular formula is C17H14ClN3O4S. The molecule has 3 aromatic rings. The van der Waals surface area contributed by atoms with Crippen molar-refractivity contribution in [2.45, 2.75) is 11.8 Å². The molecule has 0 fully saturated rings. The lowest BCUT2D eigenvalue weighted by Crippen LogP contribution is -2.20. The molecule has 0 radical (unpaired) electrons. The predicted molar refractivity (Wildman–Crippen MR) is 98.7 cm³/mol. The van der Waals surface area contributed by atoms with Gasteiger partial charge in [0.2, 0.25) is 10.0 Å². The standard InChI is InChI=1S/C17H14ClN3O4S/c1-10(15-8-11-4-2-3-5-14(11)25-15)20-21-17(22)12-6-7-13(18)16(9-12)26(19,23)24/h2-9H,1H3,(H,21,22)(H2,19,23,24). The van der Waals surface area contributed by atoms with Gasteiger partial charge in [-0.1, -0.05) is 29.8 Å². The third kappa shape index (κ3) is 3.77. The number of benzene rings is 2. The quantitative estimate of drug-likeness (QED) is 0.525. The van der Waals surface area contributed by atoms with Crippen LogP contribution >= 0.6 is 11.6 Å². The number of hydrazone groups is 1. The van der Waals surface area contributed by atoms with Gasteiger partial charge in [-0.25, -0.2) is 19.0 Å². The van der Waals surface area contributed by atoms with Crippen LogP contribution in [0.15, 0.2) is 62.9 Å². The Morgan fingerprint density at radius 2 is 1.92 bits per heavy atom. The molecule has 7 nitrogen and oxygen atoms in total. The Kier molecular flexibility index (Phi) is 4.82. The molecule has 1 amide bonds. The van der Waals surface area contributed by atoms with E-state index in [1.165, 1.54) is 12.1 Å². The SMILES string of the molecule is CC(=NNC(=O)c1ccc(Cl)c(S(N)(=O)=O)c1)c1cc2ccccc2o1. The van der Waals surface area contributed by atoms with Gasteiger partial charge < -0.3 is 4.42 Å². The van der Waals surface area contributed by atoms with Crippen LogP contribution in [0.2, 0.25) is 5.02 Å².